The SMILES string of the molecule is Cc1c(I)cnc(C#N)c1C(F)F. The number of rotatable bonds is 1. The van der Waals surface area contributed by atoms with Crippen LogP contribution in [0.15, 0.2) is 6.20 Å². The molecule has 0 spiro atoms. The van der Waals surface area contributed by atoms with Crippen LogP contribution in [0.5, 0.6) is 0 Å². The predicted octanol–water partition coefficient (Wildman–Crippen LogP) is 2.80. The zero-order valence-corrected chi connectivity index (χ0v) is 8.84. The first kappa shape index (κ1) is 10.3. The van der Waals surface area contributed by atoms with E-state index in [9.17, 15) is 8.78 Å². The summed E-state index contributed by atoms with van der Waals surface area (Å²) in [6, 6.07) is 1.65. The molecular formula is C8H5F2IN2. The largest absolute Gasteiger partial charge is 0.266 e. The Morgan fingerprint density at radius 2 is 2.23 bits per heavy atom. The molecule has 0 atom stereocenters. The van der Waals surface area contributed by atoms with Gasteiger partial charge in [-0.15, -0.1) is 0 Å². The third-order valence-corrected chi connectivity index (χ3v) is 2.74. The minimum atomic E-state index is -2.64. The summed E-state index contributed by atoms with van der Waals surface area (Å²) < 4.78 is 25.6. The van der Waals surface area contributed by atoms with Crippen LogP contribution in [-0.4, -0.2) is 4.98 Å². The Kier molecular flexibility index (Phi) is 3.14. The second kappa shape index (κ2) is 3.96. The molecule has 0 radical (unpaired) electrons. The lowest BCUT2D eigenvalue weighted by atomic mass is 10.1. The van der Waals surface area contributed by atoms with Crippen molar-refractivity contribution < 1.29 is 8.78 Å². The van der Waals surface area contributed by atoms with Crippen LogP contribution in [-0.2, 0) is 0 Å². The van der Waals surface area contributed by atoms with Gasteiger partial charge in [0, 0.05) is 9.77 Å². The number of alkyl halides is 2. The Labute approximate surface area is 87.7 Å². The minimum absolute atomic E-state index is 0.187. The molecule has 0 saturated heterocycles. The van der Waals surface area contributed by atoms with Crippen LogP contribution in [0, 0.1) is 21.8 Å². The van der Waals surface area contributed by atoms with E-state index >= 15 is 0 Å². The summed E-state index contributed by atoms with van der Waals surface area (Å²) >= 11 is 1.91. The highest BCUT2D eigenvalue weighted by molar-refractivity contribution is 14.1. The van der Waals surface area contributed by atoms with Crippen molar-refractivity contribution in [1.29, 1.82) is 5.26 Å². The van der Waals surface area contributed by atoms with Crippen LogP contribution in [0.1, 0.15) is 23.2 Å². The Morgan fingerprint density at radius 1 is 1.62 bits per heavy atom. The summed E-state index contributed by atoms with van der Waals surface area (Å²) in [5.74, 6) is 0. The number of nitriles is 1. The third kappa shape index (κ3) is 1.94. The van der Waals surface area contributed by atoms with Gasteiger partial charge in [0.15, 0.2) is 0 Å². The Hall–Kier alpha value is -0.770. The molecule has 0 fully saturated rings. The number of halogens is 3. The molecule has 68 valence electrons. The van der Waals surface area contributed by atoms with E-state index in [4.69, 9.17) is 5.26 Å². The van der Waals surface area contributed by atoms with E-state index in [-0.39, 0.29) is 11.3 Å². The highest BCUT2D eigenvalue weighted by atomic mass is 127. The van der Waals surface area contributed by atoms with Crippen molar-refractivity contribution in [2.75, 3.05) is 0 Å². The van der Waals surface area contributed by atoms with Gasteiger partial charge >= 0.3 is 0 Å². The van der Waals surface area contributed by atoms with Crippen molar-refractivity contribution in [2.24, 2.45) is 0 Å². The molecule has 5 heteroatoms. The van der Waals surface area contributed by atoms with E-state index in [0.29, 0.717) is 9.13 Å². The van der Waals surface area contributed by atoms with Gasteiger partial charge < -0.3 is 0 Å². The maximum Gasteiger partial charge on any atom is 0.266 e. The summed E-state index contributed by atoms with van der Waals surface area (Å²) in [5.41, 5.74) is -0.00975. The monoisotopic (exact) mass is 294 g/mol. The molecule has 0 bridgehead atoms. The Balaban J connectivity index is 3.43. The van der Waals surface area contributed by atoms with E-state index in [1.165, 1.54) is 6.20 Å². The summed E-state index contributed by atoms with van der Waals surface area (Å²) in [6.45, 7) is 1.56. The average molecular weight is 294 g/mol. The van der Waals surface area contributed by atoms with Crippen molar-refractivity contribution in [3.05, 3.63) is 26.6 Å². The van der Waals surface area contributed by atoms with Gasteiger partial charge in [0.2, 0.25) is 0 Å². The van der Waals surface area contributed by atoms with Crippen molar-refractivity contribution in [2.45, 2.75) is 13.3 Å². The molecule has 1 rings (SSSR count). The molecule has 0 aliphatic heterocycles. The van der Waals surface area contributed by atoms with Crippen LogP contribution in [0.4, 0.5) is 8.78 Å². The van der Waals surface area contributed by atoms with Gasteiger partial charge in [-0.2, -0.15) is 5.26 Å². The number of hydrogen-bond acceptors (Lipinski definition) is 2. The molecule has 0 amide bonds. The van der Waals surface area contributed by atoms with Crippen LogP contribution in [0.25, 0.3) is 0 Å². The van der Waals surface area contributed by atoms with Crippen LogP contribution < -0.4 is 0 Å². The molecule has 0 aliphatic rings. The maximum atomic E-state index is 12.5. The zero-order valence-electron chi connectivity index (χ0n) is 6.68. The first-order chi connectivity index (χ1) is 6.07. The van der Waals surface area contributed by atoms with E-state index < -0.39 is 6.43 Å². The molecule has 0 aliphatic carbocycles. The smallest absolute Gasteiger partial charge is 0.244 e. The molecular weight excluding hydrogens is 289 g/mol. The lowest BCUT2D eigenvalue weighted by molar-refractivity contribution is 0.149. The van der Waals surface area contributed by atoms with E-state index in [2.05, 4.69) is 4.98 Å². The lowest BCUT2D eigenvalue weighted by Crippen LogP contribution is -2.00. The number of nitrogens with zero attached hydrogens (tertiary/aromatic N) is 2. The number of aromatic nitrogens is 1. The van der Waals surface area contributed by atoms with Gasteiger partial charge in [-0.1, -0.05) is 0 Å². The normalized spacial score (nSPS) is 10.2. The molecule has 1 heterocycles. The van der Waals surface area contributed by atoms with Gasteiger partial charge in [0.25, 0.3) is 6.43 Å². The molecule has 13 heavy (non-hydrogen) atoms. The fourth-order valence-electron chi connectivity index (χ4n) is 0.950. The molecule has 1 aromatic heterocycles. The minimum Gasteiger partial charge on any atom is -0.244 e. The molecule has 0 saturated carbocycles. The number of hydrogen-bond donors (Lipinski definition) is 0. The Morgan fingerprint density at radius 3 is 2.69 bits per heavy atom. The van der Waals surface area contributed by atoms with Crippen molar-refractivity contribution >= 4 is 22.6 Å². The van der Waals surface area contributed by atoms with Gasteiger partial charge in [-0.05, 0) is 35.1 Å². The maximum absolute atomic E-state index is 12.5. The van der Waals surface area contributed by atoms with Crippen molar-refractivity contribution in [3.8, 4) is 6.07 Å². The highest BCUT2D eigenvalue weighted by Gasteiger charge is 2.18. The lowest BCUT2D eigenvalue weighted by Gasteiger charge is -2.07. The van der Waals surface area contributed by atoms with Crippen molar-refractivity contribution in [3.63, 3.8) is 0 Å². The molecule has 0 aromatic carbocycles. The summed E-state index contributed by atoms with van der Waals surface area (Å²) in [5, 5.41) is 8.53. The summed E-state index contributed by atoms with van der Waals surface area (Å²) in [7, 11) is 0. The van der Waals surface area contributed by atoms with Crippen LogP contribution >= 0.6 is 22.6 Å². The molecule has 0 N–H and O–H groups in total. The number of pyridine rings is 1. The second-order valence-corrected chi connectivity index (χ2v) is 3.57. The fourth-order valence-corrected chi connectivity index (χ4v) is 1.38. The average Bonchev–Trinajstić information content (AvgIpc) is 2.08. The first-order valence-corrected chi connectivity index (χ1v) is 4.49. The van der Waals surface area contributed by atoms with Gasteiger partial charge in [-0.3, -0.25) is 0 Å². The van der Waals surface area contributed by atoms with E-state index in [0.717, 1.165) is 0 Å². The zero-order chi connectivity index (χ0) is 10.0. The molecule has 2 nitrogen and oxygen atoms in total. The molecule has 0 unspecified atom stereocenters. The van der Waals surface area contributed by atoms with Crippen molar-refractivity contribution in [1.82, 2.24) is 4.98 Å². The van der Waals surface area contributed by atoms with E-state index in [1.54, 1.807) is 13.0 Å². The predicted molar refractivity (Wildman–Crippen MR) is 51.4 cm³/mol. The summed E-state index contributed by atoms with van der Waals surface area (Å²) in [4.78, 5) is 3.63. The third-order valence-electron chi connectivity index (χ3n) is 1.65. The molecule has 1 aromatic rings. The Bertz CT molecular complexity index is 371. The van der Waals surface area contributed by atoms with E-state index in [1.807, 2.05) is 22.6 Å². The fraction of sp³-hybridized carbons (Fsp3) is 0.250. The van der Waals surface area contributed by atoms with Gasteiger partial charge in [-0.25, -0.2) is 13.8 Å². The second-order valence-electron chi connectivity index (χ2n) is 2.41. The van der Waals surface area contributed by atoms with Gasteiger partial charge in [0.1, 0.15) is 11.8 Å². The summed E-state index contributed by atoms with van der Waals surface area (Å²) in [6.07, 6.45) is -1.22. The highest BCUT2D eigenvalue weighted by Crippen LogP contribution is 2.27. The van der Waals surface area contributed by atoms with Crippen LogP contribution in [0.2, 0.25) is 0 Å². The topological polar surface area (TPSA) is 36.7 Å². The standard InChI is InChI=1S/C8H5F2IN2/c1-4-5(11)3-13-6(2-12)7(4)8(9)10/h3,8H,1H3. The first-order valence-electron chi connectivity index (χ1n) is 3.41. The quantitative estimate of drug-likeness (QED) is 0.747. The van der Waals surface area contributed by atoms with Crippen LogP contribution in [0.3, 0.4) is 0 Å². The van der Waals surface area contributed by atoms with Gasteiger partial charge in [0.05, 0.1) is 5.56 Å².